The maximum absolute atomic E-state index is 12.9. The Kier molecular flexibility index (Phi) is 5.82. The van der Waals surface area contributed by atoms with Crippen molar-refractivity contribution in [2.75, 3.05) is 11.4 Å². The fourth-order valence-corrected chi connectivity index (χ4v) is 4.79. The lowest BCUT2D eigenvalue weighted by atomic mass is 10.0. The lowest BCUT2D eigenvalue weighted by molar-refractivity contribution is -0.123. The number of aryl methyl sites for hydroxylation is 1. The van der Waals surface area contributed by atoms with E-state index in [0.29, 0.717) is 35.3 Å². The Hall–Kier alpha value is -2.45. The molecule has 7 nitrogen and oxygen atoms in total. The molecule has 1 amide bonds. The van der Waals surface area contributed by atoms with Crippen LogP contribution < -0.4 is 15.8 Å². The number of carbonyl (C=O) groups is 1. The van der Waals surface area contributed by atoms with Crippen LogP contribution in [0.4, 0.5) is 5.13 Å². The highest BCUT2D eigenvalue weighted by atomic mass is 35.5. The fourth-order valence-electron chi connectivity index (χ4n) is 3.54. The van der Waals surface area contributed by atoms with Crippen molar-refractivity contribution in [3.8, 4) is 0 Å². The molecule has 3 aromatic rings. The summed E-state index contributed by atoms with van der Waals surface area (Å²) in [5.41, 5.74) is 1.27. The van der Waals surface area contributed by atoms with Gasteiger partial charge in [0.2, 0.25) is 16.0 Å². The largest absolute Gasteiger partial charge is 0.350 e. The monoisotopic (exact) mass is 431 g/mol. The highest BCUT2D eigenvalue weighted by molar-refractivity contribution is 7.20. The number of rotatable bonds is 5. The summed E-state index contributed by atoms with van der Waals surface area (Å²) >= 11 is 7.46. The van der Waals surface area contributed by atoms with Gasteiger partial charge in [0.1, 0.15) is 11.1 Å². The first-order valence-corrected chi connectivity index (χ1v) is 10.9. The number of amides is 1. The van der Waals surface area contributed by atoms with Crippen LogP contribution in [0.3, 0.4) is 0 Å². The number of hydrogen-bond donors (Lipinski definition) is 1. The average molecular weight is 432 g/mol. The number of hydrogen-bond acceptors (Lipinski definition) is 6. The number of piperidine rings is 1. The van der Waals surface area contributed by atoms with E-state index in [4.69, 9.17) is 11.6 Å². The molecule has 1 saturated heterocycles. The summed E-state index contributed by atoms with van der Waals surface area (Å²) in [5.74, 6) is -0.0274. The first-order valence-electron chi connectivity index (χ1n) is 9.75. The molecule has 0 radical (unpaired) electrons. The summed E-state index contributed by atoms with van der Waals surface area (Å²) in [6.07, 6.45) is 3.28. The van der Waals surface area contributed by atoms with Gasteiger partial charge in [0.25, 0.3) is 5.56 Å². The zero-order chi connectivity index (χ0) is 20.4. The molecule has 4 rings (SSSR count). The number of benzene rings is 1. The molecule has 1 atom stereocenters. The van der Waals surface area contributed by atoms with E-state index in [9.17, 15) is 9.59 Å². The fraction of sp³-hybridized carbons (Fsp3) is 0.400. The molecule has 1 unspecified atom stereocenters. The van der Waals surface area contributed by atoms with Crippen LogP contribution in [0.25, 0.3) is 4.96 Å². The van der Waals surface area contributed by atoms with Crippen LogP contribution in [0, 0.1) is 0 Å². The molecule has 1 aliphatic heterocycles. The number of nitrogens with zero attached hydrogens (tertiary/aromatic N) is 4. The zero-order valence-corrected chi connectivity index (χ0v) is 17.7. The third-order valence-electron chi connectivity index (χ3n) is 5.11. The molecule has 152 valence electrons. The second-order valence-corrected chi connectivity index (χ2v) is 8.33. The van der Waals surface area contributed by atoms with Gasteiger partial charge < -0.3 is 10.2 Å². The van der Waals surface area contributed by atoms with Crippen LogP contribution in [0.15, 0.2) is 35.1 Å². The van der Waals surface area contributed by atoms with Gasteiger partial charge in [-0.2, -0.15) is 4.52 Å². The second-order valence-electron chi connectivity index (χ2n) is 7.02. The number of halogens is 1. The topological polar surface area (TPSA) is 79.6 Å². The molecule has 3 heterocycles. The molecule has 0 aliphatic carbocycles. The Labute approximate surface area is 177 Å². The first-order chi connectivity index (χ1) is 14.1. The van der Waals surface area contributed by atoms with Crippen molar-refractivity contribution in [2.45, 2.75) is 45.2 Å². The predicted molar refractivity (Wildman–Crippen MR) is 115 cm³/mol. The summed E-state index contributed by atoms with van der Waals surface area (Å²) in [6, 6.07) is 9.52. The minimum atomic E-state index is -0.363. The van der Waals surface area contributed by atoms with E-state index < -0.39 is 0 Å². The molecule has 0 bridgehead atoms. The van der Waals surface area contributed by atoms with Crippen molar-refractivity contribution >= 4 is 38.9 Å². The Morgan fingerprint density at radius 1 is 1.31 bits per heavy atom. The van der Waals surface area contributed by atoms with Crippen molar-refractivity contribution < 1.29 is 4.79 Å². The molecular formula is C20H22ClN5O2S. The van der Waals surface area contributed by atoms with Gasteiger partial charge >= 0.3 is 0 Å². The van der Waals surface area contributed by atoms with E-state index in [-0.39, 0.29) is 22.5 Å². The van der Waals surface area contributed by atoms with Gasteiger partial charge in [0.05, 0.1) is 5.69 Å². The van der Waals surface area contributed by atoms with Gasteiger partial charge in [-0.3, -0.25) is 9.59 Å². The predicted octanol–water partition coefficient (Wildman–Crippen LogP) is 3.04. The van der Waals surface area contributed by atoms with E-state index in [1.54, 1.807) is 0 Å². The molecule has 0 spiro atoms. The lowest BCUT2D eigenvalue weighted by Crippen LogP contribution is -2.49. The van der Waals surface area contributed by atoms with Gasteiger partial charge in [-0.1, -0.05) is 60.2 Å². The minimum Gasteiger partial charge on any atom is -0.350 e. The SMILES string of the molecule is CCc1nc2sc(N3CCCCC3C(=O)NCc3ccccc3)nn2c(=O)c1Cl. The van der Waals surface area contributed by atoms with Gasteiger partial charge in [0.15, 0.2) is 0 Å². The Morgan fingerprint density at radius 2 is 2.10 bits per heavy atom. The van der Waals surface area contributed by atoms with Gasteiger partial charge in [-0.15, -0.1) is 5.10 Å². The molecule has 1 aliphatic rings. The quantitative estimate of drug-likeness (QED) is 0.671. The van der Waals surface area contributed by atoms with Crippen molar-refractivity contribution in [3.63, 3.8) is 0 Å². The van der Waals surface area contributed by atoms with Crippen LogP contribution in [0.1, 0.15) is 37.4 Å². The van der Waals surface area contributed by atoms with E-state index in [2.05, 4.69) is 15.4 Å². The number of anilines is 1. The van der Waals surface area contributed by atoms with Crippen molar-refractivity contribution in [3.05, 3.63) is 57.0 Å². The summed E-state index contributed by atoms with van der Waals surface area (Å²) in [6.45, 7) is 3.11. The second kappa shape index (κ2) is 8.51. The van der Waals surface area contributed by atoms with Crippen molar-refractivity contribution in [1.82, 2.24) is 19.9 Å². The minimum absolute atomic E-state index is 0.0274. The normalized spacial score (nSPS) is 16.9. The highest BCUT2D eigenvalue weighted by Gasteiger charge is 2.31. The summed E-state index contributed by atoms with van der Waals surface area (Å²) < 4.78 is 1.25. The average Bonchev–Trinajstić information content (AvgIpc) is 3.19. The van der Waals surface area contributed by atoms with E-state index in [0.717, 1.165) is 24.8 Å². The molecule has 0 saturated carbocycles. The maximum atomic E-state index is 12.9. The van der Waals surface area contributed by atoms with Crippen LogP contribution in [-0.4, -0.2) is 33.1 Å². The molecule has 29 heavy (non-hydrogen) atoms. The molecule has 1 fully saturated rings. The molecular weight excluding hydrogens is 410 g/mol. The number of carbonyl (C=O) groups excluding carboxylic acids is 1. The summed E-state index contributed by atoms with van der Waals surface area (Å²) in [5, 5.41) is 8.21. The van der Waals surface area contributed by atoms with Gasteiger partial charge in [0, 0.05) is 13.1 Å². The van der Waals surface area contributed by atoms with Crippen LogP contribution in [0.2, 0.25) is 5.02 Å². The maximum Gasteiger partial charge on any atom is 0.294 e. The molecule has 1 N–H and O–H groups in total. The number of aromatic nitrogens is 3. The zero-order valence-electron chi connectivity index (χ0n) is 16.1. The Bertz CT molecular complexity index is 1080. The standard InChI is InChI=1S/C20H22ClN5O2S/c1-2-14-16(21)18(28)26-19(23-14)29-20(24-26)25-11-7-6-10-15(25)17(27)22-12-13-8-4-3-5-9-13/h3-5,8-9,15H,2,6-7,10-12H2,1H3,(H,22,27). The summed E-state index contributed by atoms with van der Waals surface area (Å²) in [7, 11) is 0. The molecule has 9 heteroatoms. The van der Waals surface area contributed by atoms with Crippen LogP contribution >= 0.6 is 22.9 Å². The number of nitrogens with one attached hydrogen (secondary N) is 1. The van der Waals surface area contributed by atoms with Crippen molar-refractivity contribution in [2.24, 2.45) is 0 Å². The van der Waals surface area contributed by atoms with E-state index >= 15 is 0 Å². The third kappa shape index (κ3) is 4.00. The number of fused-ring (bicyclic) bond motifs is 1. The smallest absolute Gasteiger partial charge is 0.294 e. The highest BCUT2D eigenvalue weighted by Crippen LogP contribution is 2.29. The summed E-state index contributed by atoms with van der Waals surface area (Å²) in [4.78, 5) is 32.4. The first kappa shape index (κ1) is 19.8. The Balaban J connectivity index is 1.59. The molecule has 1 aromatic carbocycles. The van der Waals surface area contributed by atoms with Gasteiger partial charge in [-0.25, -0.2) is 4.98 Å². The van der Waals surface area contributed by atoms with E-state index in [1.807, 2.05) is 42.2 Å². The third-order valence-corrected chi connectivity index (χ3v) is 6.43. The van der Waals surface area contributed by atoms with Crippen molar-refractivity contribution in [1.29, 1.82) is 0 Å². The van der Waals surface area contributed by atoms with Crippen LogP contribution in [-0.2, 0) is 17.8 Å². The van der Waals surface area contributed by atoms with Crippen LogP contribution in [0.5, 0.6) is 0 Å². The van der Waals surface area contributed by atoms with E-state index in [1.165, 1.54) is 15.9 Å². The molecule has 2 aromatic heterocycles. The lowest BCUT2D eigenvalue weighted by Gasteiger charge is -2.34. The van der Waals surface area contributed by atoms with Gasteiger partial charge in [-0.05, 0) is 31.2 Å². The Morgan fingerprint density at radius 3 is 2.86 bits per heavy atom.